The van der Waals surface area contributed by atoms with Gasteiger partial charge in [-0.3, -0.25) is 14.5 Å². The first kappa shape index (κ1) is 59.8. The van der Waals surface area contributed by atoms with Crippen LogP contribution in [0.5, 0.6) is 0 Å². The molecule has 0 radical (unpaired) electrons. The standard InChI is InChI=1S/C56H110N2O5/c1-6-11-16-20-22-28-37-51(35-26-18-13-8-3)49-62-55(60)42-30-24-32-44-57(46-47-58(53-39-34-40-53)48-54(59)41-15-10-5)45-33-25-31-43-56(61)63-50-52(36-27-19-14-9-4)38-29-23-21-17-12-7-2/h51-54,59H,6-50H2,1-5H3. The Balaban J connectivity index is 2.60. The van der Waals surface area contributed by atoms with Gasteiger partial charge in [-0.05, 0) is 95.6 Å². The molecule has 0 bridgehead atoms. The molecule has 374 valence electrons. The van der Waals surface area contributed by atoms with E-state index in [-0.39, 0.29) is 18.0 Å². The molecule has 0 saturated heterocycles. The molecule has 1 saturated carbocycles. The monoisotopic (exact) mass is 891 g/mol. The highest BCUT2D eigenvalue weighted by atomic mass is 16.5. The Morgan fingerprint density at radius 1 is 0.460 bits per heavy atom. The van der Waals surface area contributed by atoms with Crippen molar-refractivity contribution in [3.8, 4) is 0 Å². The lowest BCUT2D eigenvalue weighted by Crippen LogP contribution is -2.47. The lowest BCUT2D eigenvalue weighted by atomic mass is 9.91. The van der Waals surface area contributed by atoms with E-state index in [4.69, 9.17) is 9.47 Å². The van der Waals surface area contributed by atoms with Gasteiger partial charge in [0.1, 0.15) is 0 Å². The third-order valence-corrected chi connectivity index (χ3v) is 14.2. The minimum absolute atomic E-state index is 0.00930. The van der Waals surface area contributed by atoms with Crippen molar-refractivity contribution in [1.82, 2.24) is 9.80 Å². The molecule has 7 heteroatoms. The number of esters is 2. The van der Waals surface area contributed by atoms with Crippen LogP contribution in [0, 0.1) is 11.8 Å². The molecule has 0 amide bonds. The van der Waals surface area contributed by atoms with Crippen LogP contribution in [-0.4, -0.2) is 84.9 Å². The summed E-state index contributed by atoms with van der Waals surface area (Å²) in [6, 6.07) is 0.614. The maximum atomic E-state index is 12.9. The first-order chi connectivity index (χ1) is 30.9. The molecule has 0 aliphatic heterocycles. The first-order valence-corrected chi connectivity index (χ1v) is 28.3. The van der Waals surface area contributed by atoms with E-state index in [1.807, 2.05) is 0 Å². The number of hydrogen-bond donors (Lipinski definition) is 1. The first-order valence-electron chi connectivity index (χ1n) is 28.3. The molecular formula is C56H110N2O5. The van der Waals surface area contributed by atoms with Crippen LogP contribution < -0.4 is 0 Å². The molecule has 1 aliphatic rings. The van der Waals surface area contributed by atoms with Crippen LogP contribution in [0.3, 0.4) is 0 Å². The number of nitrogens with zero attached hydrogens (tertiary/aromatic N) is 2. The zero-order chi connectivity index (χ0) is 45.9. The van der Waals surface area contributed by atoms with E-state index >= 15 is 0 Å². The van der Waals surface area contributed by atoms with Gasteiger partial charge in [0, 0.05) is 38.5 Å². The van der Waals surface area contributed by atoms with E-state index in [2.05, 4.69) is 44.4 Å². The van der Waals surface area contributed by atoms with Crippen molar-refractivity contribution in [2.45, 2.75) is 291 Å². The largest absolute Gasteiger partial charge is 0.465 e. The van der Waals surface area contributed by atoms with Gasteiger partial charge in [-0.25, -0.2) is 0 Å². The number of ether oxygens (including phenoxy) is 2. The normalized spacial score (nSPS) is 14.6. The third kappa shape index (κ3) is 36.6. The van der Waals surface area contributed by atoms with Crippen LogP contribution in [0.1, 0.15) is 279 Å². The number of unbranched alkanes of at least 4 members (excludes halogenated alkanes) is 21. The van der Waals surface area contributed by atoms with Gasteiger partial charge >= 0.3 is 11.9 Å². The summed E-state index contributed by atoms with van der Waals surface area (Å²) in [4.78, 5) is 31.0. The van der Waals surface area contributed by atoms with E-state index in [1.165, 1.54) is 173 Å². The van der Waals surface area contributed by atoms with E-state index in [1.54, 1.807) is 0 Å². The van der Waals surface area contributed by atoms with Crippen LogP contribution >= 0.6 is 0 Å². The summed E-state index contributed by atoms with van der Waals surface area (Å²) in [5.41, 5.74) is 0. The smallest absolute Gasteiger partial charge is 0.305 e. The van der Waals surface area contributed by atoms with Gasteiger partial charge in [0.15, 0.2) is 0 Å². The van der Waals surface area contributed by atoms with Crippen LogP contribution in [0.15, 0.2) is 0 Å². The SMILES string of the molecule is CCCCCCCCC(CCCCCC)COC(=O)CCCCCN(CCCCCC(=O)OCC(CCCCCC)CCCCCCCC)CCN(CC(O)CCCC)C1CCC1. The van der Waals surface area contributed by atoms with Crippen molar-refractivity contribution in [3.05, 3.63) is 0 Å². The summed E-state index contributed by atoms with van der Waals surface area (Å²) in [6.07, 6.45) is 44.5. The fourth-order valence-corrected chi connectivity index (χ4v) is 9.48. The highest BCUT2D eigenvalue weighted by Gasteiger charge is 2.27. The summed E-state index contributed by atoms with van der Waals surface area (Å²) in [6.45, 7) is 17.4. The second-order valence-corrected chi connectivity index (χ2v) is 20.2. The van der Waals surface area contributed by atoms with E-state index in [0.29, 0.717) is 43.9 Å². The third-order valence-electron chi connectivity index (χ3n) is 14.2. The fourth-order valence-electron chi connectivity index (χ4n) is 9.48. The average molecular weight is 892 g/mol. The van der Waals surface area contributed by atoms with E-state index in [9.17, 15) is 14.7 Å². The average Bonchev–Trinajstić information content (AvgIpc) is 3.26. The Labute approximate surface area is 393 Å². The van der Waals surface area contributed by atoms with Crippen molar-refractivity contribution < 1.29 is 24.2 Å². The highest BCUT2D eigenvalue weighted by molar-refractivity contribution is 5.69. The number of carbonyl (C=O) groups is 2. The predicted octanol–water partition coefficient (Wildman–Crippen LogP) is 15.6. The Morgan fingerprint density at radius 3 is 1.24 bits per heavy atom. The predicted molar refractivity (Wildman–Crippen MR) is 271 cm³/mol. The lowest BCUT2D eigenvalue weighted by molar-refractivity contribution is -0.146. The number of carbonyl (C=O) groups excluding carboxylic acids is 2. The zero-order valence-electron chi connectivity index (χ0n) is 43.1. The van der Waals surface area contributed by atoms with Crippen molar-refractivity contribution in [2.24, 2.45) is 11.8 Å². The Kier molecular flexibility index (Phi) is 42.4. The minimum atomic E-state index is -0.239. The second-order valence-electron chi connectivity index (χ2n) is 20.2. The number of rotatable bonds is 49. The molecule has 0 aromatic rings. The van der Waals surface area contributed by atoms with Gasteiger partial charge in [-0.2, -0.15) is 0 Å². The Morgan fingerprint density at radius 2 is 0.841 bits per heavy atom. The van der Waals surface area contributed by atoms with Crippen LogP contribution in [0.2, 0.25) is 0 Å². The zero-order valence-corrected chi connectivity index (χ0v) is 43.1. The summed E-state index contributed by atoms with van der Waals surface area (Å²) in [5.74, 6) is 1.01. The number of aliphatic hydroxyl groups is 1. The molecule has 7 nitrogen and oxygen atoms in total. The van der Waals surface area contributed by atoms with Crippen molar-refractivity contribution in [1.29, 1.82) is 0 Å². The van der Waals surface area contributed by atoms with E-state index < -0.39 is 0 Å². The lowest BCUT2D eigenvalue weighted by Gasteiger charge is -2.39. The van der Waals surface area contributed by atoms with Gasteiger partial charge in [-0.15, -0.1) is 0 Å². The summed E-state index contributed by atoms with van der Waals surface area (Å²) >= 11 is 0. The molecule has 63 heavy (non-hydrogen) atoms. The van der Waals surface area contributed by atoms with Gasteiger partial charge in [-0.1, -0.05) is 195 Å². The quantitative estimate of drug-likeness (QED) is 0.0481. The molecular weight excluding hydrogens is 781 g/mol. The topological polar surface area (TPSA) is 79.3 Å². The molecule has 0 aromatic carbocycles. The van der Waals surface area contributed by atoms with Gasteiger partial charge < -0.3 is 19.5 Å². The highest BCUT2D eigenvalue weighted by Crippen LogP contribution is 2.26. The fraction of sp³-hybridized carbons (Fsp3) is 0.964. The maximum Gasteiger partial charge on any atom is 0.305 e. The molecule has 0 heterocycles. The minimum Gasteiger partial charge on any atom is -0.465 e. The molecule has 1 rings (SSSR count). The number of hydrogen-bond acceptors (Lipinski definition) is 7. The molecule has 0 spiro atoms. The molecule has 1 aliphatic carbocycles. The maximum absolute atomic E-state index is 12.9. The van der Waals surface area contributed by atoms with Gasteiger partial charge in [0.05, 0.1) is 19.3 Å². The molecule has 3 atom stereocenters. The van der Waals surface area contributed by atoms with Crippen molar-refractivity contribution >= 4 is 11.9 Å². The van der Waals surface area contributed by atoms with Crippen molar-refractivity contribution in [3.63, 3.8) is 0 Å². The molecule has 1 N–H and O–H groups in total. The molecule has 1 fully saturated rings. The van der Waals surface area contributed by atoms with Crippen LogP contribution in [-0.2, 0) is 19.1 Å². The molecule has 0 aromatic heterocycles. The second kappa shape index (κ2) is 44.6. The summed E-state index contributed by atoms with van der Waals surface area (Å²) < 4.78 is 11.8. The van der Waals surface area contributed by atoms with Gasteiger partial charge in [0.2, 0.25) is 0 Å². The van der Waals surface area contributed by atoms with Crippen LogP contribution in [0.25, 0.3) is 0 Å². The summed E-state index contributed by atoms with van der Waals surface area (Å²) in [5, 5.41) is 10.8. The Bertz CT molecular complexity index is 933. The number of aliphatic hydroxyl groups excluding tert-OH is 1. The Hall–Kier alpha value is -1.18. The van der Waals surface area contributed by atoms with Gasteiger partial charge in [0.25, 0.3) is 0 Å². The van der Waals surface area contributed by atoms with Crippen LogP contribution in [0.4, 0.5) is 0 Å². The molecule has 3 unspecified atom stereocenters. The van der Waals surface area contributed by atoms with Crippen molar-refractivity contribution in [2.75, 3.05) is 45.9 Å². The van der Waals surface area contributed by atoms with E-state index in [0.717, 1.165) is 90.5 Å². The summed E-state index contributed by atoms with van der Waals surface area (Å²) in [7, 11) is 0.